The van der Waals surface area contributed by atoms with E-state index >= 15 is 0 Å². The smallest absolute Gasteiger partial charge is 0.339 e. The van der Waals surface area contributed by atoms with Gasteiger partial charge in [0.25, 0.3) is 5.91 Å². The predicted octanol–water partition coefficient (Wildman–Crippen LogP) is 3.17. The van der Waals surface area contributed by atoms with Crippen LogP contribution in [0.3, 0.4) is 0 Å². The highest BCUT2D eigenvalue weighted by Crippen LogP contribution is 2.21. The van der Waals surface area contributed by atoms with Crippen molar-refractivity contribution < 1.29 is 14.7 Å². The van der Waals surface area contributed by atoms with Crippen molar-refractivity contribution in [2.45, 2.75) is 13.5 Å². The molecule has 1 amide bonds. The summed E-state index contributed by atoms with van der Waals surface area (Å²) in [4.78, 5) is 28.6. The number of nitrogens with one attached hydrogen (secondary N) is 1. The summed E-state index contributed by atoms with van der Waals surface area (Å²) in [6.45, 7) is 2.17. The minimum absolute atomic E-state index is 0.0168. The highest BCUT2D eigenvalue weighted by molar-refractivity contribution is 6.09. The maximum Gasteiger partial charge on any atom is 0.339 e. The van der Waals surface area contributed by atoms with Gasteiger partial charge in [-0.1, -0.05) is 30.3 Å². The van der Waals surface area contributed by atoms with Gasteiger partial charge in [-0.15, -0.1) is 0 Å². The van der Waals surface area contributed by atoms with Crippen LogP contribution in [0.5, 0.6) is 0 Å². The third-order valence-electron chi connectivity index (χ3n) is 4.37. The second-order valence-electron chi connectivity index (χ2n) is 6.15. The van der Waals surface area contributed by atoms with Crippen LogP contribution in [0.2, 0.25) is 0 Å². The first-order valence-corrected chi connectivity index (χ1v) is 8.71. The third kappa shape index (κ3) is 3.11. The lowest BCUT2D eigenvalue weighted by Crippen LogP contribution is -2.20. The zero-order valence-corrected chi connectivity index (χ0v) is 15.0. The van der Waals surface area contributed by atoms with Gasteiger partial charge in [0, 0.05) is 36.3 Å². The average Bonchev–Trinajstić information content (AvgIpc) is 3.32. The highest BCUT2D eigenvalue weighted by atomic mass is 16.4. The Labute approximate surface area is 160 Å². The number of aryl methyl sites for hydroxylation is 1. The molecule has 0 fully saturated rings. The van der Waals surface area contributed by atoms with Crippen LogP contribution >= 0.6 is 0 Å². The second kappa shape index (κ2) is 6.99. The van der Waals surface area contributed by atoms with Gasteiger partial charge < -0.3 is 14.8 Å². The van der Waals surface area contributed by atoms with E-state index in [0.717, 1.165) is 11.3 Å². The molecule has 3 aromatic heterocycles. The summed E-state index contributed by atoms with van der Waals surface area (Å²) in [5, 5.41) is 16.0. The second-order valence-corrected chi connectivity index (χ2v) is 6.15. The van der Waals surface area contributed by atoms with Gasteiger partial charge in [0.05, 0.1) is 11.9 Å². The molecule has 1 aromatic carbocycles. The monoisotopic (exact) mass is 375 g/mol. The minimum Gasteiger partial charge on any atom is -0.478 e. The standard InChI is InChI=1S/C20H17N5O3/c1-2-25-18(15(11-21-25)20(27)28)19(26)22-14-8-9-24-12-16(23-17(24)10-14)13-6-4-3-5-7-13/h3-12H,2H2,1H3,(H,22,26)(H,27,28). The number of anilines is 1. The minimum atomic E-state index is -1.19. The van der Waals surface area contributed by atoms with Gasteiger partial charge in [-0.05, 0) is 13.0 Å². The summed E-state index contributed by atoms with van der Waals surface area (Å²) in [7, 11) is 0. The molecule has 0 bridgehead atoms. The summed E-state index contributed by atoms with van der Waals surface area (Å²) in [5.74, 6) is -1.72. The van der Waals surface area contributed by atoms with Gasteiger partial charge in [0.2, 0.25) is 0 Å². The van der Waals surface area contributed by atoms with Crippen molar-refractivity contribution in [1.29, 1.82) is 0 Å². The van der Waals surface area contributed by atoms with Crippen molar-refractivity contribution >= 4 is 23.2 Å². The molecule has 4 aromatic rings. The van der Waals surface area contributed by atoms with Crippen molar-refractivity contribution in [1.82, 2.24) is 19.2 Å². The Balaban J connectivity index is 1.65. The molecule has 28 heavy (non-hydrogen) atoms. The van der Waals surface area contributed by atoms with Crippen molar-refractivity contribution in [3.05, 3.63) is 72.3 Å². The molecule has 8 nitrogen and oxygen atoms in total. The van der Waals surface area contributed by atoms with E-state index in [4.69, 9.17) is 0 Å². The number of pyridine rings is 1. The van der Waals surface area contributed by atoms with Gasteiger partial charge in [-0.2, -0.15) is 5.10 Å². The van der Waals surface area contributed by atoms with Crippen LogP contribution in [0.4, 0.5) is 5.69 Å². The van der Waals surface area contributed by atoms with Crippen LogP contribution in [0.1, 0.15) is 27.8 Å². The molecule has 0 spiro atoms. The van der Waals surface area contributed by atoms with Crippen LogP contribution in [-0.4, -0.2) is 36.1 Å². The molecule has 0 unspecified atom stereocenters. The summed E-state index contributed by atoms with van der Waals surface area (Å²) in [6.07, 6.45) is 4.88. The summed E-state index contributed by atoms with van der Waals surface area (Å²) in [5.41, 5.74) is 2.88. The summed E-state index contributed by atoms with van der Waals surface area (Å²) < 4.78 is 3.22. The van der Waals surface area contributed by atoms with Gasteiger partial charge in [0.1, 0.15) is 16.9 Å². The van der Waals surface area contributed by atoms with Gasteiger partial charge in [0.15, 0.2) is 0 Å². The maximum atomic E-state index is 12.7. The van der Waals surface area contributed by atoms with E-state index in [0.29, 0.717) is 17.9 Å². The number of nitrogens with zero attached hydrogens (tertiary/aromatic N) is 4. The van der Waals surface area contributed by atoms with Crippen molar-refractivity contribution in [3.8, 4) is 11.3 Å². The molecule has 0 saturated carbocycles. The van der Waals surface area contributed by atoms with Crippen LogP contribution in [-0.2, 0) is 6.54 Å². The molecule has 8 heteroatoms. The normalized spacial score (nSPS) is 10.9. The first-order valence-electron chi connectivity index (χ1n) is 8.71. The Morgan fingerprint density at radius 2 is 1.96 bits per heavy atom. The first kappa shape index (κ1) is 17.5. The molecule has 0 aliphatic carbocycles. The lowest BCUT2D eigenvalue weighted by atomic mass is 10.2. The van der Waals surface area contributed by atoms with Crippen molar-refractivity contribution in [2.75, 3.05) is 5.32 Å². The van der Waals surface area contributed by atoms with Crippen molar-refractivity contribution in [3.63, 3.8) is 0 Å². The SMILES string of the molecule is CCn1ncc(C(=O)O)c1C(=O)Nc1ccn2cc(-c3ccccc3)nc2c1. The summed E-state index contributed by atoms with van der Waals surface area (Å²) >= 11 is 0. The Bertz CT molecular complexity index is 1180. The lowest BCUT2D eigenvalue weighted by molar-refractivity contribution is 0.0692. The van der Waals surface area contributed by atoms with E-state index in [1.54, 1.807) is 25.3 Å². The Morgan fingerprint density at radius 3 is 2.68 bits per heavy atom. The fraction of sp³-hybridized carbons (Fsp3) is 0.100. The molecule has 0 aliphatic rings. The topological polar surface area (TPSA) is 102 Å². The van der Waals surface area contributed by atoms with Gasteiger partial charge >= 0.3 is 5.97 Å². The molecule has 2 N–H and O–H groups in total. The lowest BCUT2D eigenvalue weighted by Gasteiger charge is -2.08. The number of amides is 1. The van der Waals surface area contributed by atoms with E-state index in [1.165, 1.54) is 10.9 Å². The molecule has 0 atom stereocenters. The Kier molecular flexibility index (Phi) is 4.36. The van der Waals surface area contributed by atoms with Crippen LogP contribution in [0.15, 0.2) is 61.1 Å². The van der Waals surface area contributed by atoms with E-state index in [9.17, 15) is 14.7 Å². The average molecular weight is 375 g/mol. The number of benzene rings is 1. The number of rotatable bonds is 5. The number of hydrogen-bond acceptors (Lipinski definition) is 4. The number of carboxylic acids is 1. The molecule has 3 heterocycles. The number of aromatic carboxylic acids is 1. The van der Waals surface area contributed by atoms with Crippen LogP contribution < -0.4 is 5.32 Å². The molecular formula is C20H17N5O3. The predicted molar refractivity (Wildman–Crippen MR) is 103 cm³/mol. The zero-order chi connectivity index (χ0) is 19.7. The fourth-order valence-corrected chi connectivity index (χ4v) is 3.02. The third-order valence-corrected chi connectivity index (χ3v) is 4.37. The number of hydrogen-bond donors (Lipinski definition) is 2. The first-order chi connectivity index (χ1) is 13.6. The van der Waals surface area contributed by atoms with E-state index in [1.807, 2.05) is 40.9 Å². The zero-order valence-electron chi connectivity index (χ0n) is 15.0. The van der Waals surface area contributed by atoms with E-state index in [2.05, 4.69) is 15.4 Å². The maximum absolute atomic E-state index is 12.7. The van der Waals surface area contributed by atoms with E-state index in [-0.39, 0.29) is 11.3 Å². The van der Waals surface area contributed by atoms with Crippen LogP contribution in [0, 0.1) is 0 Å². The number of imidazole rings is 1. The number of carboxylic acid groups (broad SMARTS) is 1. The molecule has 0 aliphatic heterocycles. The van der Waals surface area contributed by atoms with Gasteiger partial charge in [-0.3, -0.25) is 9.48 Å². The molecule has 140 valence electrons. The Morgan fingerprint density at radius 1 is 1.18 bits per heavy atom. The van der Waals surface area contributed by atoms with Crippen LogP contribution in [0.25, 0.3) is 16.9 Å². The van der Waals surface area contributed by atoms with Gasteiger partial charge in [-0.25, -0.2) is 9.78 Å². The quantitative estimate of drug-likeness (QED) is 0.558. The Hall–Kier alpha value is -3.94. The molecule has 4 rings (SSSR count). The number of aromatic nitrogens is 4. The highest BCUT2D eigenvalue weighted by Gasteiger charge is 2.22. The number of carbonyl (C=O) groups excluding carboxylic acids is 1. The largest absolute Gasteiger partial charge is 0.478 e. The fourth-order valence-electron chi connectivity index (χ4n) is 3.02. The van der Waals surface area contributed by atoms with E-state index < -0.39 is 11.9 Å². The number of fused-ring (bicyclic) bond motifs is 1. The van der Waals surface area contributed by atoms with Crippen molar-refractivity contribution in [2.24, 2.45) is 0 Å². The number of carbonyl (C=O) groups is 2. The molecular weight excluding hydrogens is 358 g/mol. The molecule has 0 radical (unpaired) electrons. The summed E-state index contributed by atoms with van der Waals surface area (Å²) in [6, 6.07) is 13.3. The molecule has 0 saturated heterocycles.